The molecule has 2 saturated heterocycles. The van der Waals surface area contributed by atoms with Gasteiger partial charge in [0.05, 0.1) is 6.61 Å². The van der Waals surface area contributed by atoms with Gasteiger partial charge >= 0.3 is 0 Å². The van der Waals surface area contributed by atoms with E-state index < -0.39 is 28.9 Å². The van der Waals surface area contributed by atoms with E-state index in [9.17, 15) is 13.6 Å². The van der Waals surface area contributed by atoms with Crippen molar-refractivity contribution in [3.05, 3.63) is 35.4 Å². The minimum absolute atomic E-state index is 0.0422. The molecule has 2 aliphatic rings. The normalized spacial score (nSPS) is 33.9. The Kier molecular flexibility index (Phi) is 3.61. The van der Waals surface area contributed by atoms with Crippen LogP contribution in [0.3, 0.4) is 0 Å². The molecule has 0 unspecified atom stereocenters. The van der Waals surface area contributed by atoms with Crippen LogP contribution in [0.5, 0.6) is 0 Å². The zero-order valence-corrected chi connectivity index (χ0v) is 13.0. The molecule has 0 N–H and O–H groups in total. The fourth-order valence-corrected chi connectivity index (χ4v) is 3.59. The highest BCUT2D eigenvalue weighted by atomic mass is 19.1. The van der Waals surface area contributed by atoms with E-state index in [-0.39, 0.29) is 23.9 Å². The zero-order chi connectivity index (χ0) is 16.1. The van der Waals surface area contributed by atoms with Gasteiger partial charge < -0.3 is 9.47 Å². The van der Waals surface area contributed by atoms with Crippen LogP contribution < -0.4 is 0 Å². The van der Waals surface area contributed by atoms with Crippen molar-refractivity contribution < 1.29 is 23.0 Å². The van der Waals surface area contributed by atoms with Crippen molar-refractivity contribution in [2.45, 2.75) is 57.5 Å². The predicted molar refractivity (Wildman–Crippen MR) is 76.2 cm³/mol. The number of halogens is 2. The van der Waals surface area contributed by atoms with Crippen LogP contribution in [0.1, 0.15) is 39.2 Å². The first-order chi connectivity index (χ1) is 10.3. The molecule has 2 fully saturated rings. The first-order valence-corrected chi connectivity index (χ1v) is 7.59. The van der Waals surface area contributed by atoms with E-state index in [4.69, 9.17) is 9.47 Å². The molecule has 2 bridgehead atoms. The Morgan fingerprint density at radius 2 is 1.95 bits per heavy atom. The number of hydrogen-bond acceptors (Lipinski definition) is 3. The van der Waals surface area contributed by atoms with Gasteiger partial charge in [-0.05, 0) is 37.8 Å². The first-order valence-electron chi connectivity index (χ1n) is 7.59. The van der Waals surface area contributed by atoms with Gasteiger partial charge in [0.1, 0.15) is 28.9 Å². The Morgan fingerprint density at radius 1 is 1.32 bits per heavy atom. The van der Waals surface area contributed by atoms with Crippen molar-refractivity contribution in [2.24, 2.45) is 5.92 Å². The van der Waals surface area contributed by atoms with Crippen LogP contribution in [0.15, 0.2) is 18.2 Å². The van der Waals surface area contributed by atoms with E-state index in [2.05, 4.69) is 0 Å². The van der Waals surface area contributed by atoms with Crippen molar-refractivity contribution in [2.75, 3.05) is 0 Å². The zero-order valence-electron chi connectivity index (χ0n) is 13.0. The highest BCUT2D eigenvalue weighted by Crippen LogP contribution is 2.53. The summed E-state index contributed by atoms with van der Waals surface area (Å²) in [4.78, 5) is 12.7. The first kappa shape index (κ1) is 15.6. The van der Waals surface area contributed by atoms with Crippen LogP contribution in [0, 0.1) is 17.6 Å². The minimum atomic E-state index is -0.812. The summed E-state index contributed by atoms with van der Waals surface area (Å²) in [6.45, 7) is 5.46. The quantitative estimate of drug-likeness (QED) is 0.855. The number of benzene rings is 1. The largest absolute Gasteiger partial charge is 0.362 e. The maximum absolute atomic E-state index is 13.7. The molecular formula is C17H20F2O3. The molecule has 0 aromatic heterocycles. The molecule has 0 spiro atoms. The molecule has 120 valence electrons. The van der Waals surface area contributed by atoms with E-state index in [1.165, 1.54) is 18.2 Å². The monoisotopic (exact) mass is 310 g/mol. The summed E-state index contributed by atoms with van der Waals surface area (Å²) in [7, 11) is 0. The van der Waals surface area contributed by atoms with Crippen molar-refractivity contribution in [1.29, 1.82) is 0 Å². The molecule has 0 amide bonds. The molecule has 3 rings (SSSR count). The lowest BCUT2D eigenvalue weighted by Crippen LogP contribution is -2.48. The second kappa shape index (κ2) is 5.10. The van der Waals surface area contributed by atoms with Gasteiger partial charge in [-0.1, -0.05) is 19.9 Å². The Balaban J connectivity index is 1.81. The number of carbonyl (C=O) groups excluding carboxylic acids is 1. The number of ketones is 1. The number of carbonyl (C=O) groups is 1. The van der Waals surface area contributed by atoms with E-state index in [1.54, 1.807) is 0 Å². The molecular weight excluding hydrogens is 290 g/mol. The number of rotatable bonds is 4. The van der Waals surface area contributed by atoms with Crippen LogP contribution in [-0.4, -0.2) is 23.1 Å². The second-order valence-electron chi connectivity index (χ2n) is 6.71. The van der Waals surface area contributed by atoms with Gasteiger partial charge in [-0.25, -0.2) is 8.78 Å². The lowest BCUT2D eigenvalue weighted by molar-refractivity contribution is -0.139. The van der Waals surface area contributed by atoms with Gasteiger partial charge in [-0.15, -0.1) is 0 Å². The van der Waals surface area contributed by atoms with Gasteiger partial charge in [0.15, 0.2) is 5.78 Å². The van der Waals surface area contributed by atoms with Crippen LogP contribution >= 0.6 is 0 Å². The van der Waals surface area contributed by atoms with E-state index in [0.717, 1.165) is 0 Å². The van der Waals surface area contributed by atoms with Crippen LogP contribution in [0.25, 0.3) is 0 Å². The van der Waals surface area contributed by atoms with Gasteiger partial charge in [-0.2, -0.15) is 0 Å². The van der Waals surface area contributed by atoms with E-state index in [0.29, 0.717) is 12.8 Å². The van der Waals surface area contributed by atoms with Crippen LogP contribution in [-0.2, 0) is 20.9 Å². The van der Waals surface area contributed by atoms with Crippen molar-refractivity contribution in [3.8, 4) is 0 Å². The maximum Gasteiger partial charge on any atom is 0.196 e. The average Bonchev–Trinajstić information content (AvgIpc) is 2.90. The lowest BCUT2D eigenvalue weighted by atomic mass is 9.74. The maximum atomic E-state index is 13.7. The molecule has 2 aliphatic heterocycles. The summed E-state index contributed by atoms with van der Waals surface area (Å²) >= 11 is 0. The topological polar surface area (TPSA) is 35.5 Å². The molecule has 1 aromatic rings. The number of ether oxygens (including phenoxy) is 2. The van der Waals surface area contributed by atoms with Gasteiger partial charge in [-0.3, -0.25) is 4.79 Å². The van der Waals surface area contributed by atoms with Gasteiger partial charge in [0, 0.05) is 5.56 Å². The molecule has 0 radical (unpaired) electrons. The lowest BCUT2D eigenvalue weighted by Gasteiger charge is -2.30. The summed E-state index contributed by atoms with van der Waals surface area (Å²) in [5, 5.41) is 0. The van der Waals surface area contributed by atoms with Crippen molar-refractivity contribution in [3.63, 3.8) is 0 Å². The van der Waals surface area contributed by atoms with Gasteiger partial charge in [0.2, 0.25) is 0 Å². The summed E-state index contributed by atoms with van der Waals surface area (Å²) in [6.07, 6.45) is 0.609. The fourth-order valence-electron chi connectivity index (χ4n) is 3.59. The standard InChI is InChI=1S/C17H20F2O3/c1-10(2)17-8-7-16(3,22-17)15(14(17)20)21-9-11-12(18)5-4-6-13(11)19/h4-6,10,15H,7-9H2,1-3H3/t15-,16+,17+/m1/s1. The predicted octanol–water partition coefficient (Wildman–Crippen LogP) is 3.40. The van der Waals surface area contributed by atoms with E-state index in [1.807, 2.05) is 20.8 Å². The van der Waals surface area contributed by atoms with Crippen LogP contribution in [0.2, 0.25) is 0 Å². The third-order valence-corrected chi connectivity index (χ3v) is 5.01. The molecule has 3 atom stereocenters. The number of Topliss-reactive ketones (excluding diaryl/α,β-unsaturated/α-hetero) is 1. The number of fused-ring (bicyclic) bond motifs is 2. The van der Waals surface area contributed by atoms with E-state index >= 15 is 0 Å². The van der Waals surface area contributed by atoms with Crippen molar-refractivity contribution in [1.82, 2.24) is 0 Å². The van der Waals surface area contributed by atoms with Gasteiger partial charge in [0.25, 0.3) is 0 Å². The molecule has 22 heavy (non-hydrogen) atoms. The van der Waals surface area contributed by atoms with Crippen LogP contribution in [0.4, 0.5) is 8.78 Å². The summed E-state index contributed by atoms with van der Waals surface area (Å²) < 4.78 is 39.0. The smallest absolute Gasteiger partial charge is 0.196 e. The highest BCUT2D eigenvalue weighted by Gasteiger charge is 2.67. The summed E-state index contributed by atoms with van der Waals surface area (Å²) in [6, 6.07) is 3.66. The molecule has 1 aromatic carbocycles. The Labute approximate surface area is 128 Å². The highest BCUT2D eigenvalue weighted by molar-refractivity contribution is 5.96. The molecule has 3 nitrogen and oxygen atoms in total. The Morgan fingerprint density at radius 3 is 2.50 bits per heavy atom. The fraction of sp³-hybridized carbons (Fsp3) is 0.588. The third-order valence-electron chi connectivity index (χ3n) is 5.01. The Bertz CT molecular complexity index is 596. The molecule has 0 aliphatic carbocycles. The summed E-state index contributed by atoms with van der Waals surface area (Å²) in [5.41, 5.74) is -1.67. The SMILES string of the molecule is CC(C)[C@]12CC[C@](C)(O1)[C@H](OCc1c(F)cccc1F)C2=O. The number of hydrogen-bond donors (Lipinski definition) is 0. The molecule has 0 saturated carbocycles. The third kappa shape index (κ3) is 2.10. The minimum Gasteiger partial charge on any atom is -0.362 e. The Hall–Kier alpha value is -1.33. The summed E-state index contributed by atoms with van der Waals surface area (Å²) in [5.74, 6) is -1.39. The molecule has 5 heteroatoms. The van der Waals surface area contributed by atoms with Crippen molar-refractivity contribution >= 4 is 5.78 Å². The second-order valence-corrected chi connectivity index (χ2v) is 6.71. The molecule has 2 heterocycles. The average molecular weight is 310 g/mol.